The van der Waals surface area contributed by atoms with Crippen molar-refractivity contribution in [2.75, 3.05) is 20.6 Å². The zero-order valence-electron chi connectivity index (χ0n) is 19.5. The molecule has 7 nitrogen and oxygen atoms in total. The monoisotopic (exact) mass is 493 g/mol. The van der Waals surface area contributed by atoms with Crippen LogP contribution in [0, 0.1) is 5.41 Å². The summed E-state index contributed by atoms with van der Waals surface area (Å²) in [5.41, 5.74) is 5.12. The normalized spacial score (nSPS) is 16.7. The van der Waals surface area contributed by atoms with Crippen molar-refractivity contribution in [3.05, 3.63) is 58.6 Å². The summed E-state index contributed by atoms with van der Waals surface area (Å²) in [5, 5.41) is 3.30. The molecular weight excluding hydrogens is 464 g/mol. The molecule has 1 fully saturated rings. The van der Waals surface area contributed by atoms with Gasteiger partial charge in [0.05, 0.1) is 0 Å². The minimum Gasteiger partial charge on any atom is -0.366 e. The summed E-state index contributed by atoms with van der Waals surface area (Å²) < 4.78 is 29.0. The van der Waals surface area contributed by atoms with Crippen LogP contribution in [0.2, 0.25) is 5.02 Å². The van der Waals surface area contributed by atoms with Gasteiger partial charge in [-0.2, -0.15) is 0 Å². The molecule has 0 aliphatic heterocycles. The fourth-order valence-corrected chi connectivity index (χ4v) is 4.56. The Bertz CT molecular complexity index is 1030. The summed E-state index contributed by atoms with van der Waals surface area (Å²) in [6.07, 6.45) is 4.05. The number of primary amides is 1. The number of likely N-dealkylation sites (N-methyl/N-ethyl adjacent to an activating group) is 1. The van der Waals surface area contributed by atoms with Gasteiger partial charge in [0.15, 0.2) is 0 Å². The minimum atomic E-state index is -2.95. The first-order valence-corrected chi connectivity index (χ1v) is 11.5. The summed E-state index contributed by atoms with van der Waals surface area (Å²) >= 11 is 6.32. The number of carbonyl (C=O) groups is 2. The standard InChI is InChI=1S/C24H30ClF2N5O2/c1-23(26,27)24(7-8-24)18(22-29-9-4-10-30-22)13-20(33)31-14-17(32(2)3)11-15-5-6-16(21(28)34)12-19(15)25/h4-6,9-10,12,17-18H,7-8,11,13-14H2,1-3H3,(H2,28,34)(H,31,33)/t17-,18?/m0/s1. The Morgan fingerprint density at radius 3 is 2.41 bits per heavy atom. The molecule has 0 bridgehead atoms. The van der Waals surface area contributed by atoms with E-state index < -0.39 is 23.2 Å². The second-order valence-corrected chi connectivity index (χ2v) is 9.61. The summed E-state index contributed by atoms with van der Waals surface area (Å²) in [6.45, 7) is 1.20. The lowest BCUT2D eigenvalue weighted by Crippen LogP contribution is -2.43. The predicted molar refractivity (Wildman–Crippen MR) is 126 cm³/mol. The molecule has 1 aromatic heterocycles. The van der Waals surface area contributed by atoms with Crippen LogP contribution in [0.25, 0.3) is 0 Å². The van der Waals surface area contributed by atoms with E-state index in [1.165, 1.54) is 18.5 Å². The largest absolute Gasteiger partial charge is 0.366 e. The van der Waals surface area contributed by atoms with E-state index in [4.69, 9.17) is 17.3 Å². The Hall–Kier alpha value is -2.65. The maximum atomic E-state index is 14.5. The first kappa shape index (κ1) is 26.0. The lowest BCUT2D eigenvalue weighted by Gasteiger charge is -2.31. The molecule has 2 amide bonds. The van der Waals surface area contributed by atoms with Gasteiger partial charge in [0, 0.05) is 53.3 Å². The van der Waals surface area contributed by atoms with Gasteiger partial charge in [0.1, 0.15) is 5.82 Å². The van der Waals surface area contributed by atoms with E-state index in [9.17, 15) is 18.4 Å². The molecular formula is C24H30ClF2N5O2. The average Bonchev–Trinajstić information content (AvgIpc) is 3.58. The molecule has 1 aromatic carbocycles. The second kappa shape index (κ2) is 10.3. The summed E-state index contributed by atoms with van der Waals surface area (Å²) in [5.74, 6) is -4.36. The van der Waals surface area contributed by atoms with Crippen molar-refractivity contribution in [1.82, 2.24) is 20.2 Å². The highest BCUT2D eigenvalue weighted by Crippen LogP contribution is 2.65. The van der Waals surface area contributed by atoms with Gasteiger partial charge in [-0.25, -0.2) is 18.7 Å². The van der Waals surface area contributed by atoms with Crippen LogP contribution in [0.15, 0.2) is 36.7 Å². The smallest absolute Gasteiger partial charge is 0.251 e. The maximum Gasteiger partial charge on any atom is 0.251 e. The molecule has 1 unspecified atom stereocenters. The molecule has 0 saturated heterocycles. The van der Waals surface area contributed by atoms with E-state index in [2.05, 4.69) is 15.3 Å². The number of hydrogen-bond donors (Lipinski definition) is 2. The van der Waals surface area contributed by atoms with E-state index in [1.807, 2.05) is 19.0 Å². The van der Waals surface area contributed by atoms with Crippen molar-refractivity contribution >= 4 is 23.4 Å². The van der Waals surface area contributed by atoms with Crippen molar-refractivity contribution < 1.29 is 18.4 Å². The van der Waals surface area contributed by atoms with Crippen molar-refractivity contribution in [2.45, 2.75) is 50.5 Å². The van der Waals surface area contributed by atoms with E-state index in [-0.39, 0.29) is 30.7 Å². The number of carbonyl (C=O) groups excluding carboxylic acids is 2. The third kappa shape index (κ3) is 5.88. The van der Waals surface area contributed by atoms with Crippen LogP contribution in [0.1, 0.15) is 53.8 Å². The van der Waals surface area contributed by atoms with Crippen molar-refractivity contribution in [3.8, 4) is 0 Å². The quantitative estimate of drug-likeness (QED) is 0.499. The van der Waals surface area contributed by atoms with Crippen LogP contribution in [0.5, 0.6) is 0 Å². The molecule has 0 radical (unpaired) electrons. The fourth-order valence-electron chi connectivity index (χ4n) is 4.30. The van der Waals surface area contributed by atoms with E-state index in [0.29, 0.717) is 29.8 Å². The Kier molecular flexibility index (Phi) is 7.88. The third-order valence-corrected chi connectivity index (χ3v) is 7.03. The number of nitrogens with two attached hydrogens (primary N) is 1. The molecule has 2 atom stereocenters. The SMILES string of the molecule is CN(C)[C@H](CNC(=O)CC(c1ncccn1)C1(C(C)(F)F)CC1)Cc1ccc(C(N)=O)cc1Cl. The number of amides is 2. The molecule has 0 spiro atoms. The van der Waals surface area contributed by atoms with Crippen molar-refractivity contribution in [1.29, 1.82) is 0 Å². The highest BCUT2D eigenvalue weighted by Gasteiger charge is 2.64. The number of rotatable bonds is 11. The van der Waals surface area contributed by atoms with Crippen molar-refractivity contribution in [2.24, 2.45) is 11.1 Å². The zero-order valence-corrected chi connectivity index (χ0v) is 20.3. The van der Waals surface area contributed by atoms with E-state index in [1.54, 1.807) is 18.2 Å². The number of halogens is 3. The lowest BCUT2D eigenvalue weighted by molar-refractivity contribution is -0.124. The van der Waals surface area contributed by atoms with Crippen LogP contribution in [0.3, 0.4) is 0 Å². The first-order chi connectivity index (χ1) is 15.9. The first-order valence-electron chi connectivity index (χ1n) is 11.1. The highest BCUT2D eigenvalue weighted by molar-refractivity contribution is 6.31. The summed E-state index contributed by atoms with van der Waals surface area (Å²) in [7, 11) is 3.75. The van der Waals surface area contributed by atoms with Crippen molar-refractivity contribution in [3.63, 3.8) is 0 Å². The van der Waals surface area contributed by atoms with E-state index >= 15 is 0 Å². The van der Waals surface area contributed by atoms with Gasteiger partial charge < -0.3 is 16.0 Å². The molecule has 3 rings (SSSR count). The summed E-state index contributed by atoms with van der Waals surface area (Å²) in [4.78, 5) is 34.5. The summed E-state index contributed by atoms with van der Waals surface area (Å²) in [6, 6.07) is 6.38. The molecule has 3 N–H and O–H groups in total. The van der Waals surface area contributed by atoms with E-state index in [0.717, 1.165) is 12.5 Å². The molecule has 2 aromatic rings. The molecule has 1 saturated carbocycles. The number of nitrogens with zero attached hydrogens (tertiary/aromatic N) is 3. The molecule has 184 valence electrons. The van der Waals surface area contributed by atoms with Crippen LogP contribution in [-0.4, -0.2) is 59.3 Å². The minimum absolute atomic E-state index is 0.116. The zero-order chi connectivity index (χ0) is 25.1. The topological polar surface area (TPSA) is 101 Å². The van der Waals surface area contributed by atoms with Crippen LogP contribution < -0.4 is 11.1 Å². The molecule has 1 aliphatic rings. The van der Waals surface area contributed by atoms with Gasteiger partial charge in [0.25, 0.3) is 5.92 Å². The van der Waals surface area contributed by atoms with Crippen LogP contribution in [0.4, 0.5) is 8.78 Å². The second-order valence-electron chi connectivity index (χ2n) is 9.20. The van der Waals surface area contributed by atoms with Gasteiger partial charge in [0.2, 0.25) is 11.8 Å². The Labute approximate surface area is 203 Å². The molecule has 10 heteroatoms. The lowest BCUT2D eigenvalue weighted by atomic mass is 9.80. The van der Waals surface area contributed by atoms with Gasteiger partial charge in [-0.15, -0.1) is 0 Å². The maximum absolute atomic E-state index is 14.5. The van der Waals surface area contributed by atoms with Gasteiger partial charge in [-0.1, -0.05) is 17.7 Å². The number of alkyl halides is 2. The number of benzene rings is 1. The number of nitrogens with one attached hydrogen (secondary N) is 1. The highest BCUT2D eigenvalue weighted by atomic mass is 35.5. The number of hydrogen-bond acceptors (Lipinski definition) is 5. The van der Waals surface area contributed by atoms with Crippen LogP contribution >= 0.6 is 11.6 Å². The Morgan fingerprint density at radius 2 is 1.91 bits per heavy atom. The Morgan fingerprint density at radius 1 is 1.26 bits per heavy atom. The Balaban J connectivity index is 1.69. The average molecular weight is 494 g/mol. The molecule has 1 aliphatic carbocycles. The fraction of sp³-hybridized carbons (Fsp3) is 0.500. The van der Waals surface area contributed by atoms with Gasteiger partial charge >= 0.3 is 0 Å². The van der Waals surface area contributed by atoms with Gasteiger partial charge in [-0.05, 0) is 64.0 Å². The molecule has 34 heavy (non-hydrogen) atoms. The molecule has 1 heterocycles. The number of aromatic nitrogens is 2. The van der Waals surface area contributed by atoms with Crippen LogP contribution in [-0.2, 0) is 11.2 Å². The predicted octanol–water partition coefficient (Wildman–Crippen LogP) is 3.43. The van der Waals surface area contributed by atoms with Gasteiger partial charge in [-0.3, -0.25) is 9.59 Å². The third-order valence-electron chi connectivity index (χ3n) is 6.68.